The van der Waals surface area contributed by atoms with Crippen LogP contribution >= 0.6 is 11.6 Å². The van der Waals surface area contributed by atoms with Gasteiger partial charge in [0.1, 0.15) is 5.52 Å². The van der Waals surface area contributed by atoms with Gasteiger partial charge in [0, 0.05) is 16.4 Å². The predicted molar refractivity (Wildman–Crippen MR) is 78.1 cm³/mol. The molecule has 1 aromatic heterocycles. The van der Waals surface area contributed by atoms with Crippen LogP contribution in [0.1, 0.15) is 0 Å². The summed E-state index contributed by atoms with van der Waals surface area (Å²) in [6.07, 6.45) is 1.36. The Hall–Kier alpha value is -2.53. The molecule has 5 nitrogen and oxygen atoms in total. The van der Waals surface area contributed by atoms with Gasteiger partial charge in [-0.05, 0) is 42.5 Å². The quantitative estimate of drug-likeness (QED) is 0.745. The van der Waals surface area contributed by atoms with Gasteiger partial charge in [-0.15, -0.1) is 0 Å². The number of amides is 2. The fourth-order valence-corrected chi connectivity index (χ4v) is 1.89. The van der Waals surface area contributed by atoms with Gasteiger partial charge in [-0.2, -0.15) is 0 Å². The minimum atomic E-state index is -0.338. The van der Waals surface area contributed by atoms with E-state index in [0.717, 1.165) is 0 Å². The number of nitrogens with one attached hydrogen (secondary N) is 2. The summed E-state index contributed by atoms with van der Waals surface area (Å²) in [6, 6.07) is 11.8. The molecule has 6 heteroatoms. The lowest BCUT2D eigenvalue weighted by Gasteiger charge is -2.07. The maximum atomic E-state index is 11.8. The number of oxazole rings is 1. The summed E-state index contributed by atoms with van der Waals surface area (Å²) >= 11 is 5.78. The van der Waals surface area contributed by atoms with Gasteiger partial charge in [0.15, 0.2) is 12.0 Å². The van der Waals surface area contributed by atoms with E-state index in [1.54, 1.807) is 42.5 Å². The van der Waals surface area contributed by atoms with Gasteiger partial charge >= 0.3 is 6.03 Å². The first kappa shape index (κ1) is 12.5. The molecular weight excluding hydrogens is 278 g/mol. The van der Waals surface area contributed by atoms with E-state index in [9.17, 15) is 4.79 Å². The van der Waals surface area contributed by atoms with Crippen molar-refractivity contribution in [3.63, 3.8) is 0 Å². The number of anilines is 2. The normalized spacial score (nSPS) is 10.4. The minimum Gasteiger partial charge on any atom is -0.443 e. The molecule has 0 aliphatic carbocycles. The lowest BCUT2D eigenvalue weighted by Crippen LogP contribution is -2.19. The van der Waals surface area contributed by atoms with Crippen LogP contribution in [0.2, 0.25) is 5.02 Å². The van der Waals surface area contributed by atoms with Crippen LogP contribution in [-0.4, -0.2) is 11.0 Å². The molecule has 1 heterocycles. The smallest absolute Gasteiger partial charge is 0.323 e. The first-order valence-corrected chi connectivity index (χ1v) is 6.25. The Morgan fingerprint density at radius 3 is 2.55 bits per heavy atom. The molecular formula is C14H10ClN3O2. The number of carbonyl (C=O) groups excluding carboxylic acids is 1. The van der Waals surface area contributed by atoms with E-state index in [4.69, 9.17) is 16.0 Å². The van der Waals surface area contributed by atoms with Crippen molar-refractivity contribution in [2.75, 3.05) is 10.6 Å². The number of nitrogens with zero attached hydrogens (tertiary/aromatic N) is 1. The lowest BCUT2D eigenvalue weighted by atomic mass is 10.3. The molecule has 3 aromatic rings. The molecule has 3 rings (SSSR count). The largest absolute Gasteiger partial charge is 0.443 e. The Morgan fingerprint density at radius 1 is 1.05 bits per heavy atom. The van der Waals surface area contributed by atoms with Gasteiger partial charge in [-0.1, -0.05) is 11.6 Å². The Balaban J connectivity index is 1.70. The zero-order valence-electron chi connectivity index (χ0n) is 10.3. The third kappa shape index (κ3) is 2.73. The monoisotopic (exact) mass is 287 g/mol. The average Bonchev–Trinajstić information content (AvgIpc) is 2.89. The van der Waals surface area contributed by atoms with Gasteiger partial charge < -0.3 is 15.1 Å². The number of hydrogen-bond acceptors (Lipinski definition) is 3. The van der Waals surface area contributed by atoms with Crippen molar-refractivity contribution in [3.8, 4) is 0 Å². The predicted octanol–water partition coefficient (Wildman–Crippen LogP) is 4.13. The van der Waals surface area contributed by atoms with Gasteiger partial charge in [0.05, 0.1) is 0 Å². The molecule has 0 saturated carbocycles. The molecule has 2 amide bonds. The second kappa shape index (κ2) is 5.22. The van der Waals surface area contributed by atoms with Crippen molar-refractivity contribution >= 4 is 40.1 Å². The highest BCUT2D eigenvalue weighted by molar-refractivity contribution is 6.30. The van der Waals surface area contributed by atoms with Gasteiger partial charge in [0.2, 0.25) is 0 Å². The standard InChI is InChI=1S/C14H10ClN3O2/c15-9-1-3-10(4-2-9)17-14(19)18-11-5-6-13-12(7-11)16-8-20-13/h1-8H,(H2,17,18,19). The summed E-state index contributed by atoms with van der Waals surface area (Å²) in [5.74, 6) is 0. The summed E-state index contributed by atoms with van der Waals surface area (Å²) < 4.78 is 5.13. The third-order valence-electron chi connectivity index (χ3n) is 2.69. The van der Waals surface area contributed by atoms with Crippen LogP contribution in [0.5, 0.6) is 0 Å². The van der Waals surface area contributed by atoms with Crippen LogP contribution in [0.4, 0.5) is 16.2 Å². The number of benzene rings is 2. The molecule has 100 valence electrons. The minimum absolute atomic E-state index is 0.338. The number of rotatable bonds is 2. The molecule has 0 aliphatic heterocycles. The Labute approximate surface area is 119 Å². The molecule has 2 N–H and O–H groups in total. The number of hydrogen-bond donors (Lipinski definition) is 2. The Morgan fingerprint density at radius 2 is 1.75 bits per heavy atom. The fraction of sp³-hybridized carbons (Fsp3) is 0. The molecule has 0 aliphatic rings. The van der Waals surface area contributed by atoms with Crippen LogP contribution in [0.3, 0.4) is 0 Å². The van der Waals surface area contributed by atoms with Crippen LogP contribution in [0.15, 0.2) is 53.3 Å². The zero-order chi connectivity index (χ0) is 13.9. The molecule has 0 unspecified atom stereocenters. The maximum absolute atomic E-state index is 11.8. The van der Waals surface area contributed by atoms with Crippen molar-refractivity contribution in [1.82, 2.24) is 4.98 Å². The zero-order valence-corrected chi connectivity index (χ0v) is 11.0. The first-order valence-electron chi connectivity index (χ1n) is 5.87. The van der Waals surface area contributed by atoms with E-state index in [1.165, 1.54) is 6.39 Å². The van der Waals surface area contributed by atoms with Gasteiger partial charge in [-0.25, -0.2) is 9.78 Å². The van der Waals surface area contributed by atoms with E-state index in [2.05, 4.69) is 15.6 Å². The average molecular weight is 288 g/mol. The lowest BCUT2D eigenvalue weighted by molar-refractivity contribution is 0.262. The fourth-order valence-electron chi connectivity index (χ4n) is 1.76. The van der Waals surface area contributed by atoms with Crippen LogP contribution in [0.25, 0.3) is 11.1 Å². The molecule has 0 spiro atoms. The Kier molecular flexibility index (Phi) is 3.26. The van der Waals surface area contributed by atoms with E-state index >= 15 is 0 Å². The molecule has 0 atom stereocenters. The van der Waals surface area contributed by atoms with Crippen LogP contribution < -0.4 is 10.6 Å². The van der Waals surface area contributed by atoms with E-state index in [1.807, 2.05) is 0 Å². The van der Waals surface area contributed by atoms with Crippen molar-refractivity contribution in [3.05, 3.63) is 53.9 Å². The summed E-state index contributed by atoms with van der Waals surface area (Å²) in [5.41, 5.74) is 2.66. The first-order chi connectivity index (χ1) is 9.70. The number of aromatic nitrogens is 1. The van der Waals surface area contributed by atoms with Crippen molar-refractivity contribution < 1.29 is 9.21 Å². The van der Waals surface area contributed by atoms with Crippen molar-refractivity contribution in [2.24, 2.45) is 0 Å². The summed E-state index contributed by atoms with van der Waals surface area (Å²) in [4.78, 5) is 15.9. The van der Waals surface area contributed by atoms with Crippen molar-refractivity contribution in [2.45, 2.75) is 0 Å². The number of urea groups is 1. The summed E-state index contributed by atoms with van der Waals surface area (Å²) in [6.45, 7) is 0. The molecule has 0 radical (unpaired) electrons. The summed E-state index contributed by atoms with van der Waals surface area (Å²) in [7, 11) is 0. The summed E-state index contributed by atoms with van der Waals surface area (Å²) in [5, 5.41) is 6.05. The van der Waals surface area contributed by atoms with Gasteiger partial charge in [-0.3, -0.25) is 0 Å². The maximum Gasteiger partial charge on any atom is 0.323 e. The molecule has 0 fully saturated rings. The molecule has 0 saturated heterocycles. The topological polar surface area (TPSA) is 67.2 Å². The highest BCUT2D eigenvalue weighted by Gasteiger charge is 2.05. The van der Waals surface area contributed by atoms with E-state index < -0.39 is 0 Å². The number of fused-ring (bicyclic) bond motifs is 1. The Bertz CT molecular complexity index is 752. The molecule has 2 aromatic carbocycles. The van der Waals surface area contributed by atoms with E-state index in [-0.39, 0.29) is 6.03 Å². The highest BCUT2D eigenvalue weighted by atomic mass is 35.5. The van der Waals surface area contributed by atoms with E-state index in [0.29, 0.717) is 27.5 Å². The molecule has 0 bridgehead atoms. The highest BCUT2D eigenvalue weighted by Crippen LogP contribution is 2.18. The van der Waals surface area contributed by atoms with Gasteiger partial charge in [0.25, 0.3) is 0 Å². The van der Waals surface area contributed by atoms with Crippen LogP contribution in [0, 0.1) is 0 Å². The SMILES string of the molecule is O=C(Nc1ccc(Cl)cc1)Nc1ccc2ocnc2c1. The molecule has 20 heavy (non-hydrogen) atoms. The second-order valence-corrected chi connectivity index (χ2v) is 4.56. The van der Waals surface area contributed by atoms with Crippen molar-refractivity contribution in [1.29, 1.82) is 0 Å². The van der Waals surface area contributed by atoms with Crippen LogP contribution in [-0.2, 0) is 0 Å². The third-order valence-corrected chi connectivity index (χ3v) is 2.94. The second-order valence-electron chi connectivity index (χ2n) is 4.12. The number of carbonyl (C=O) groups is 1. The number of halogens is 1.